The molecule has 2 rings (SSSR count). The second kappa shape index (κ2) is 7.09. The lowest BCUT2D eigenvalue weighted by Crippen LogP contribution is -2.00. The van der Waals surface area contributed by atoms with E-state index in [0.29, 0.717) is 12.2 Å². The summed E-state index contributed by atoms with van der Waals surface area (Å²) in [5.74, 6) is 0. The van der Waals surface area contributed by atoms with Gasteiger partial charge in [0.2, 0.25) is 0 Å². The molecule has 4 heteroatoms. The molecule has 0 saturated heterocycles. The maximum Gasteiger partial charge on any atom is 0.100 e. The molecule has 0 heterocycles. The van der Waals surface area contributed by atoms with Crippen LogP contribution in [0.4, 0.5) is 5.69 Å². The first-order chi connectivity index (χ1) is 9.72. The van der Waals surface area contributed by atoms with Gasteiger partial charge in [-0.2, -0.15) is 5.26 Å². The highest BCUT2D eigenvalue weighted by molar-refractivity contribution is 9.10. The smallest absolute Gasteiger partial charge is 0.100 e. The summed E-state index contributed by atoms with van der Waals surface area (Å²) in [6.45, 7) is 1.35. The van der Waals surface area contributed by atoms with Crippen LogP contribution < -0.4 is 5.32 Å². The van der Waals surface area contributed by atoms with Crippen molar-refractivity contribution < 1.29 is 4.74 Å². The first-order valence-corrected chi connectivity index (χ1v) is 7.02. The normalized spacial score (nSPS) is 10.1. The van der Waals surface area contributed by atoms with Crippen molar-refractivity contribution in [2.45, 2.75) is 13.2 Å². The third-order valence-electron chi connectivity index (χ3n) is 2.89. The number of rotatable bonds is 5. The summed E-state index contributed by atoms with van der Waals surface area (Å²) in [6, 6.07) is 16.0. The number of nitrogens with zero attached hydrogens (tertiary/aromatic N) is 1. The molecule has 0 bridgehead atoms. The Morgan fingerprint density at radius 1 is 1.20 bits per heavy atom. The third kappa shape index (κ3) is 3.83. The van der Waals surface area contributed by atoms with E-state index in [4.69, 9.17) is 10.00 Å². The maximum atomic E-state index is 8.89. The fourth-order valence-corrected chi connectivity index (χ4v) is 2.38. The Balaban J connectivity index is 2.03. The van der Waals surface area contributed by atoms with Gasteiger partial charge in [0.1, 0.15) is 6.07 Å². The number of halogens is 1. The van der Waals surface area contributed by atoms with Crippen LogP contribution in [-0.4, -0.2) is 7.11 Å². The van der Waals surface area contributed by atoms with Gasteiger partial charge in [0.05, 0.1) is 12.2 Å². The molecule has 102 valence electrons. The van der Waals surface area contributed by atoms with Gasteiger partial charge in [-0.05, 0) is 45.3 Å². The lowest BCUT2D eigenvalue weighted by atomic mass is 10.1. The van der Waals surface area contributed by atoms with Crippen LogP contribution in [0.25, 0.3) is 0 Å². The Hall–Kier alpha value is -1.83. The average Bonchev–Trinajstić information content (AvgIpc) is 2.46. The Bertz CT molecular complexity index is 635. The highest BCUT2D eigenvalue weighted by Crippen LogP contribution is 2.21. The molecule has 3 nitrogen and oxygen atoms in total. The van der Waals surface area contributed by atoms with Crippen LogP contribution in [0.15, 0.2) is 46.9 Å². The van der Waals surface area contributed by atoms with E-state index in [1.807, 2.05) is 24.3 Å². The van der Waals surface area contributed by atoms with Crippen molar-refractivity contribution >= 4 is 21.6 Å². The summed E-state index contributed by atoms with van der Waals surface area (Å²) in [5.41, 5.74) is 3.97. The van der Waals surface area contributed by atoms with E-state index >= 15 is 0 Å². The molecule has 0 aliphatic heterocycles. The molecular formula is C16H15BrN2O. The van der Waals surface area contributed by atoms with Gasteiger partial charge in [0.15, 0.2) is 0 Å². The molecule has 0 aliphatic rings. The topological polar surface area (TPSA) is 45.0 Å². The van der Waals surface area contributed by atoms with Gasteiger partial charge < -0.3 is 10.1 Å². The van der Waals surface area contributed by atoms with Crippen LogP contribution in [0, 0.1) is 11.3 Å². The summed E-state index contributed by atoms with van der Waals surface area (Å²) < 4.78 is 5.93. The van der Waals surface area contributed by atoms with Crippen molar-refractivity contribution in [3.63, 3.8) is 0 Å². The number of nitriles is 1. The lowest BCUT2D eigenvalue weighted by molar-refractivity contribution is 0.185. The van der Waals surface area contributed by atoms with Gasteiger partial charge in [0.25, 0.3) is 0 Å². The molecule has 0 spiro atoms. The van der Waals surface area contributed by atoms with Crippen molar-refractivity contribution in [2.24, 2.45) is 0 Å². The molecule has 0 fully saturated rings. The van der Waals surface area contributed by atoms with E-state index in [-0.39, 0.29) is 0 Å². The molecule has 1 N–H and O–H groups in total. The van der Waals surface area contributed by atoms with Crippen LogP contribution in [0.3, 0.4) is 0 Å². The highest BCUT2D eigenvalue weighted by atomic mass is 79.9. The van der Waals surface area contributed by atoms with E-state index in [1.54, 1.807) is 13.2 Å². The van der Waals surface area contributed by atoms with Crippen LogP contribution in [0.2, 0.25) is 0 Å². The summed E-state index contributed by atoms with van der Waals surface area (Å²) in [6.07, 6.45) is 0. The van der Waals surface area contributed by atoms with Crippen LogP contribution in [0.1, 0.15) is 16.7 Å². The second-order valence-electron chi connectivity index (χ2n) is 4.41. The third-order valence-corrected chi connectivity index (χ3v) is 3.54. The summed E-state index contributed by atoms with van der Waals surface area (Å²) in [7, 11) is 1.69. The van der Waals surface area contributed by atoms with E-state index < -0.39 is 0 Å². The molecule has 0 radical (unpaired) electrons. The molecule has 2 aromatic carbocycles. The van der Waals surface area contributed by atoms with Crippen molar-refractivity contribution in [2.75, 3.05) is 12.4 Å². The Labute approximate surface area is 127 Å². The predicted octanol–water partition coefficient (Wildman–Crippen LogP) is 4.08. The van der Waals surface area contributed by atoms with Crippen LogP contribution in [-0.2, 0) is 17.9 Å². The highest BCUT2D eigenvalue weighted by Gasteiger charge is 2.01. The second-order valence-corrected chi connectivity index (χ2v) is 5.27. The quantitative estimate of drug-likeness (QED) is 0.898. The zero-order valence-electron chi connectivity index (χ0n) is 11.2. The summed E-state index contributed by atoms with van der Waals surface area (Å²) >= 11 is 3.39. The minimum Gasteiger partial charge on any atom is -0.381 e. The number of hydrogen-bond donors (Lipinski definition) is 1. The number of hydrogen-bond acceptors (Lipinski definition) is 3. The van der Waals surface area contributed by atoms with Crippen LogP contribution in [0.5, 0.6) is 0 Å². The lowest BCUT2D eigenvalue weighted by Gasteiger charge is -2.09. The average molecular weight is 331 g/mol. The Morgan fingerprint density at radius 2 is 2.00 bits per heavy atom. The zero-order chi connectivity index (χ0) is 14.4. The predicted molar refractivity (Wildman–Crippen MR) is 83.3 cm³/mol. The molecule has 0 saturated carbocycles. The van der Waals surface area contributed by atoms with Crippen molar-refractivity contribution in [3.05, 3.63) is 63.6 Å². The first kappa shape index (κ1) is 14.6. The number of anilines is 1. The largest absolute Gasteiger partial charge is 0.381 e. The maximum absolute atomic E-state index is 8.89. The van der Waals surface area contributed by atoms with E-state index in [1.165, 1.54) is 5.56 Å². The molecule has 2 aromatic rings. The van der Waals surface area contributed by atoms with Crippen molar-refractivity contribution in [1.82, 2.24) is 0 Å². The minimum atomic E-state index is 0.621. The first-order valence-electron chi connectivity index (χ1n) is 6.23. The fraction of sp³-hybridized carbons (Fsp3) is 0.188. The van der Waals surface area contributed by atoms with Crippen molar-refractivity contribution in [1.29, 1.82) is 5.26 Å². The van der Waals surface area contributed by atoms with E-state index in [0.717, 1.165) is 22.3 Å². The standard InChI is InChI=1S/C16H15BrN2O/c1-20-11-13-4-2-3-12(7-13)10-19-15-6-5-14(9-18)16(17)8-15/h2-8,19H,10-11H2,1H3. The van der Waals surface area contributed by atoms with E-state index in [9.17, 15) is 0 Å². The van der Waals surface area contributed by atoms with Gasteiger partial charge in [0, 0.05) is 23.8 Å². The SMILES string of the molecule is COCc1cccc(CNc2ccc(C#N)c(Br)c2)c1. The molecule has 0 atom stereocenters. The summed E-state index contributed by atoms with van der Waals surface area (Å²) in [4.78, 5) is 0. The molecule has 0 amide bonds. The minimum absolute atomic E-state index is 0.621. The monoisotopic (exact) mass is 330 g/mol. The van der Waals surface area contributed by atoms with Crippen molar-refractivity contribution in [3.8, 4) is 6.07 Å². The Morgan fingerprint density at radius 3 is 2.70 bits per heavy atom. The van der Waals surface area contributed by atoms with E-state index in [2.05, 4.69) is 39.4 Å². The van der Waals surface area contributed by atoms with Crippen LogP contribution >= 0.6 is 15.9 Å². The summed E-state index contributed by atoms with van der Waals surface area (Å²) in [5, 5.41) is 12.2. The molecule has 20 heavy (non-hydrogen) atoms. The number of nitrogens with one attached hydrogen (secondary N) is 1. The van der Waals surface area contributed by atoms with Gasteiger partial charge in [-0.3, -0.25) is 0 Å². The molecule has 0 unspecified atom stereocenters. The van der Waals surface area contributed by atoms with Gasteiger partial charge in [-0.25, -0.2) is 0 Å². The Kier molecular flexibility index (Phi) is 5.16. The van der Waals surface area contributed by atoms with Gasteiger partial charge >= 0.3 is 0 Å². The number of benzene rings is 2. The molecule has 0 aliphatic carbocycles. The van der Waals surface area contributed by atoms with Gasteiger partial charge in [-0.15, -0.1) is 0 Å². The zero-order valence-corrected chi connectivity index (χ0v) is 12.8. The fourth-order valence-electron chi connectivity index (χ4n) is 1.92. The van der Waals surface area contributed by atoms with Gasteiger partial charge in [-0.1, -0.05) is 24.3 Å². The number of methoxy groups -OCH3 is 1. The number of ether oxygens (including phenoxy) is 1. The molecular weight excluding hydrogens is 316 g/mol. The molecule has 0 aromatic heterocycles.